The van der Waals surface area contributed by atoms with E-state index < -0.39 is 0 Å². The molecule has 0 unspecified atom stereocenters. The molecule has 0 fully saturated rings. The number of aldehydes is 1. The molecule has 0 bridgehead atoms. The van der Waals surface area contributed by atoms with Crippen LogP contribution in [0.3, 0.4) is 0 Å². The fourth-order valence-corrected chi connectivity index (χ4v) is 1.96. The molecular weight excluding hydrogens is 268 g/mol. The smallest absolute Gasteiger partial charge is 0.157 e. The van der Waals surface area contributed by atoms with Gasteiger partial charge in [-0.3, -0.25) is 4.79 Å². The SMILES string of the molecule is C=CCOc1cc(OC)c(CC=C(C)C)c(OC)c1C=O. The van der Waals surface area contributed by atoms with Crippen LogP contribution in [-0.4, -0.2) is 27.1 Å². The number of benzene rings is 1. The minimum absolute atomic E-state index is 0.306. The highest BCUT2D eigenvalue weighted by molar-refractivity contribution is 5.86. The lowest BCUT2D eigenvalue weighted by Gasteiger charge is -2.17. The van der Waals surface area contributed by atoms with Crippen molar-refractivity contribution in [3.8, 4) is 17.2 Å². The van der Waals surface area contributed by atoms with E-state index in [2.05, 4.69) is 12.7 Å². The summed E-state index contributed by atoms with van der Waals surface area (Å²) >= 11 is 0. The monoisotopic (exact) mass is 290 g/mol. The predicted molar refractivity (Wildman–Crippen MR) is 83.8 cm³/mol. The van der Waals surface area contributed by atoms with Crippen LogP contribution < -0.4 is 14.2 Å². The third-order valence-corrected chi connectivity index (χ3v) is 2.96. The zero-order valence-corrected chi connectivity index (χ0v) is 13.1. The molecule has 0 saturated heterocycles. The van der Waals surface area contributed by atoms with E-state index in [0.29, 0.717) is 35.8 Å². The van der Waals surface area contributed by atoms with Gasteiger partial charge in [0.25, 0.3) is 0 Å². The van der Waals surface area contributed by atoms with Gasteiger partial charge in [0, 0.05) is 11.6 Å². The quantitative estimate of drug-likeness (QED) is 0.542. The summed E-state index contributed by atoms with van der Waals surface area (Å²) in [6, 6.07) is 1.71. The molecule has 1 aromatic carbocycles. The van der Waals surface area contributed by atoms with Gasteiger partial charge < -0.3 is 14.2 Å². The molecule has 1 aromatic rings. The number of hydrogen-bond donors (Lipinski definition) is 0. The number of allylic oxidation sites excluding steroid dienone is 2. The van der Waals surface area contributed by atoms with Crippen LogP contribution in [0.25, 0.3) is 0 Å². The number of hydrogen-bond acceptors (Lipinski definition) is 4. The van der Waals surface area contributed by atoms with Crippen LogP contribution in [-0.2, 0) is 6.42 Å². The second-order valence-corrected chi connectivity index (χ2v) is 4.71. The van der Waals surface area contributed by atoms with Crippen LogP contribution in [0.2, 0.25) is 0 Å². The molecule has 0 N–H and O–H groups in total. The standard InChI is InChI=1S/C17H22O4/c1-6-9-21-16-10-15(19-4)13(8-7-12(2)3)17(20-5)14(16)11-18/h6-7,10-11H,1,8-9H2,2-5H3. The number of carbonyl (C=O) groups is 1. The molecule has 4 heteroatoms. The van der Waals surface area contributed by atoms with Gasteiger partial charge in [-0.25, -0.2) is 0 Å². The van der Waals surface area contributed by atoms with Gasteiger partial charge >= 0.3 is 0 Å². The predicted octanol–water partition coefficient (Wildman–Crippen LogP) is 3.59. The van der Waals surface area contributed by atoms with Crippen LogP contribution in [0.4, 0.5) is 0 Å². The van der Waals surface area contributed by atoms with Crippen molar-refractivity contribution in [3.63, 3.8) is 0 Å². The summed E-state index contributed by atoms with van der Waals surface area (Å²) in [4.78, 5) is 11.4. The highest BCUT2D eigenvalue weighted by Crippen LogP contribution is 2.39. The summed E-state index contributed by atoms with van der Waals surface area (Å²) in [7, 11) is 3.11. The Morgan fingerprint density at radius 3 is 2.43 bits per heavy atom. The summed E-state index contributed by atoms with van der Waals surface area (Å²) in [6.07, 6.45) is 5.03. The highest BCUT2D eigenvalue weighted by atomic mass is 16.5. The first-order valence-electron chi connectivity index (χ1n) is 6.69. The molecule has 0 aromatic heterocycles. The third-order valence-electron chi connectivity index (χ3n) is 2.96. The molecule has 114 valence electrons. The van der Waals surface area contributed by atoms with E-state index in [9.17, 15) is 4.79 Å². The van der Waals surface area contributed by atoms with Gasteiger partial charge in [-0.15, -0.1) is 0 Å². The Hall–Kier alpha value is -2.23. The number of carbonyl (C=O) groups excluding carboxylic acids is 1. The fourth-order valence-electron chi connectivity index (χ4n) is 1.96. The lowest BCUT2D eigenvalue weighted by molar-refractivity contribution is 0.111. The Bertz CT molecular complexity index is 540. The van der Waals surface area contributed by atoms with Gasteiger partial charge in [0.05, 0.1) is 19.8 Å². The van der Waals surface area contributed by atoms with Crippen molar-refractivity contribution in [2.75, 3.05) is 20.8 Å². The van der Waals surface area contributed by atoms with E-state index in [1.165, 1.54) is 12.7 Å². The second-order valence-electron chi connectivity index (χ2n) is 4.71. The van der Waals surface area contributed by atoms with Gasteiger partial charge in [0.2, 0.25) is 0 Å². The fraction of sp³-hybridized carbons (Fsp3) is 0.353. The number of rotatable bonds is 8. The zero-order valence-electron chi connectivity index (χ0n) is 13.1. The molecule has 0 amide bonds. The van der Waals surface area contributed by atoms with E-state index in [1.54, 1.807) is 19.3 Å². The maximum absolute atomic E-state index is 11.4. The van der Waals surface area contributed by atoms with E-state index in [1.807, 2.05) is 13.8 Å². The summed E-state index contributed by atoms with van der Waals surface area (Å²) in [5.41, 5.74) is 2.39. The average Bonchev–Trinajstić information content (AvgIpc) is 2.49. The van der Waals surface area contributed by atoms with Gasteiger partial charge in [-0.1, -0.05) is 24.3 Å². The summed E-state index contributed by atoms with van der Waals surface area (Å²) < 4.78 is 16.3. The Kier molecular flexibility index (Phi) is 6.53. The first kappa shape index (κ1) is 16.8. The molecule has 0 radical (unpaired) electrons. The van der Waals surface area contributed by atoms with Crippen molar-refractivity contribution in [1.82, 2.24) is 0 Å². The summed E-state index contributed by atoms with van der Waals surface area (Å²) in [5, 5.41) is 0. The number of methoxy groups -OCH3 is 2. The summed E-state index contributed by atoms with van der Waals surface area (Å²) in [6.45, 7) is 7.94. The molecule has 21 heavy (non-hydrogen) atoms. The van der Waals surface area contributed by atoms with E-state index in [0.717, 1.165) is 11.8 Å². The largest absolute Gasteiger partial charge is 0.496 e. The maximum Gasteiger partial charge on any atom is 0.157 e. The number of ether oxygens (including phenoxy) is 3. The van der Waals surface area contributed by atoms with Crippen LogP contribution in [0.15, 0.2) is 30.4 Å². The van der Waals surface area contributed by atoms with E-state index in [-0.39, 0.29) is 0 Å². The molecular formula is C17H22O4. The topological polar surface area (TPSA) is 44.8 Å². The Balaban J connectivity index is 3.44. The van der Waals surface area contributed by atoms with Gasteiger partial charge in [-0.2, -0.15) is 0 Å². The lowest BCUT2D eigenvalue weighted by Crippen LogP contribution is -2.04. The molecule has 0 aliphatic carbocycles. The van der Waals surface area contributed by atoms with Crippen LogP contribution in [0.1, 0.15) is 29.8 Å². The van der Waals surface area contributed by atoms with Gasteiger partial charge in [-0.05, 0) is 20.3 Å². The summed E-state index contributed by atoms with van der Waals surface area (Å²) in [5.74, 6) is 1.55. The molecule has 4 nitrogen and oxygen atoms in total. The van der Waals surface area contributed by atoms with E-state index in [4.69, 9.17) is 14.2 Å². The van der Waals surface area contributed by atoms with Crippen LogP contribution in [0.5, 0.6) is 17.2 Å². The zero-order chi connectivity index (χ0) is 15.8. The van der Waals surface area contributed by atoms with Crippen molar-refractivity contribution < 1.29 is 19.0 Å². The molecule has 0 spiro atoms. The molecule has 0 aliphatic heterocycles. The molecule has 0 saturated carbocycles. The van der Waals surface area contributed by atoms with Crippen LogP contribution >= 0.6 is 0 Å². The highest BCUT2D eigenvalue weighted by Gasteiger charge is 2.19. The molecule has 1 rings (SSSR count). The molecule has 0 heterocycles. The van der Waals surface area contributed by atoms with Gasteiger partial charge in [0.1, 0.15) is 23.9 Å². The first-order chi connectivity index (χ1) is 10.1. The minimum atomic E-state index is 0.306. The normalized spacial score (nSPS) is 9.71. The van der Waals surface area contributed by atoms with Crippen molar-refractivity contribution in [1.29, 1.82) is 0 Å². The Morgan fingerprint density at radius 1 is 1.24 bits per heavy atom. The van der Waals surface area contributed by atoms with Gasteiger partial charge in [0.15, 0.2) is 6.29 Å². The average molecular weight is 290 g/mol. The lowest BCUT2D eigenvalue weighted by atomic mass is 10.0. The molecule has 0 atom stereocenters. The van der Waals surface area contributed by atoms with Crippen molar-refractivity contribution in [3.05, 3.63) is 41.5 Å². The first-order valence-corrected chi connectivity index (χ1v) is 6.69. The second kappa shape index (κ2) is 8.15. The van der Waals surface area contributed by atoms with Crippen molar-refractivity contribution >= 4 is 6.29 Å². The molecule has 0 aliphatic rings. The Labute approximate surface area is 126 Å². The van der Waals surface area contributed by atoms with Crippen molar-refractivity contribution in [2.45, 2.75) is 20.3 Å². The Morgan fingerprint density at radius 2 is 1.95 bits per heavy atom. The minimum Gasteiger partial charge on any atom is -0.496 e. The van der Waals surface area contributed by atoms with Crippen molar-refractivity contribution in [2.24, 2.45) is 0 Å². The van der Waals surface area contributed by atoms with E-state index >= 15 is 0 Å². The van der Waals surface area contributed by atoms with Crippen LogP contribution in [0, 0.1) is 0 Å². The third kappa shape index (κ3) is 4.12. The maximum atomic E-state index is 11.4.